The molecule has 1 heterocycles. The molecule has 0 radical (unpaired) electrons. The van der Waals surface area contributed by atoms with Crippen LogP contribution in [-0.4, -0.2) is 17.4 Å². The molecule has 4 nitrogen and oxygen atoms in total. The van der Waals surface area contributed by atoms with Crippen LogP contribution in [0.4, 0.5) is 0 Å². The van der Waals surface area contributed by atoms with Crippen LogP contribution < -0.4 is 9.30 Å². The van der Waals surface area contributed by atoms with Gasteiger partial charge in [-0.05, 0) is 36.2 Å². The maximum atomic E-state index is 13.4. The van der Waals surface area contributed by atoms with Crippen molar-refractivity contribution in [2.45, 2.75) is 97.1 Å². The molecule has 5 heteroatoms. The minimum absolute atomic E-state index is 0.00660. The lowest BCUT2D eigenvalue weighted by atomic mass is 10.1. The highest BCUT2D eigenvalue weighted by Crippen LogP contribution is 2.27. The molecule has 2 aromatic carbocycles. The molecule has 0 spiro atoms. The number of amides is 1. The fourth-order valence-corrected chi connectivity index (χ4v) is 5.24. The molecular formula is C35H48ClN2O2+. The van der Waals surface area contributed by atoms with Crippen molar-refractivity contribution < 1.29 is 14.1 Å². The van der Waals surface area contributed by atoms with Gasteiger partial charge in [0.1, 0.15) is 19.3 Å². The van der Waals surface area contributed by atoms with Gasteiger partial charge in [-0.3, -0.25) is 4.79 Å². The molecule has 0 saturated heterocycles. The summed E-state index contributed by atoms with van der Waals surface area (Å²) < 4.78 is 8.05. The number of carbonyl (C=O) groups excluding carboxylic acids is 1. The summed E-state index contributed by atoms with van der Waals surface area (Å²) in [4.78, 5) is 15.3. The molecule has 0 bridgehead atoms. The Labute approximate surface area is 247 Å². The second-order valence-corrected chi connectivity index (χ2v) is 11.2. The van der Waals surface area contributed by atoms with E-state index in [2.05, 4.69) is 6.92 Å². The zero-order chi connectivity index (χ0) is 28.4. The van der Waals surface area contributed by atoms with Crippen LogP contribution >= 0.6 is 11.6 Å². The van der Waals surface area contributed by atoms with Crippen LogP contribution in [0.2, 0.25) is 5.02 Å². The number of unbranched alkanes of at least 4 members (excludes halogenated alkanes) is 11. The number of pyridine rings is 1. The first kappa shape index (κ1) is 31.7. The van der Waals surface area contributed by atoms with Gasteiger partial charge in [0, 0.05) is 24.2 Å². The molecule has 216 valence electrons. The molecule has 1 aromatic heterocycles. The molecule has 0 saturated carbocycles. The molecule has 0 unspecified atom stereocenters. The van der Waals surface area contributed by atoms with Crippen molar-refractivity contribution in [2.75, 3.05) is 6.61 Å². The van der Waals surface area contributed by atoms with Gasteiger partial charge in [-0.15, -0.1) is 0 Å². The molecule has 0 aliphatic rings. The third kappa shape index (κ3) is 11.3. The van der Waals surface area contributed by atoms with Gasteiger partial charge in [-0.1, -0.05) is 119 Å². The number of aryl methyl sites for hydroxylation is 1. The first-order valence-corrected chi connectivity index (χ1v) is 15.7. The van der Waals surface area contributed by atoms with E-state index in [4.69, 9.17) is 16.3 Å². The van der Waals surface area contributed by atoms with Gasteiger partial charge >= 0.3 is 0 Å². The Bertz CT molecular complexity index is 1140. The van der Waals surface area contributed by atoms with E-state index in [-0.39, 0.29) is 5.91 Å². The Balaban J connectivity index is 1.44. The highest BCUT2D eigenvalue weighted by Gasteiger charge is 2.20. The van der Waals surface area contributed by atoms with Crippen LogP contribution in [-0.2, 0) is 20.1 Å². The number of hydrogen-bond donors (Lipinski definition) is 0. The van der Waals surface area contributed by atoms with Crippen LogP contribution in [0.3, 0.4) is 0 Å². The van der Waals surface area contributed by atoms with Crippen molar-refractivity contribution in [1.82, 2.24) is 4.90 Å². The summed E-state index contributed by atoms with van der Waals surface area (Å²) in [7, 11) is 2.00. The minimum atomic E-state index is -0.00660. The topological polar surface area (TPSA) is 33.4 Å². The number of aromatic nitrogens is 1. The molecule has 0 aliphatic heterocycles. The predicted octanol–water partition coefficient (Wildman–Crippen LogP) is 9.09. The predicted molar refractivity (Wildman–Crippen MR) is 166 cm³/mol. The minimum Gasteiger partial charge on any atom is -0.492 e. The first-order chi connectivity index (χ1) is 19.6. The smallest absolute Gasteiger partial charge is 0.254 e. The monoisotopic (exact) mass is 563 g/mol. The van der Waals surface area contributed by atoms with E-state index in [1.165, 1.54) is 70.6 Å². The van der Waals surface area contributed by atoms with E-state index in [1.54, 1.807) is 0 Å². The van der Waals surface area contributed by atoms with Gasteiger partial charge in [-0.25, -0.2) is 4.57 Å². The van der Waals surface area contributed by atoms with E-state index in [1.807, 2.05) is 89.4 Å². The third-order valence-electron chi connectivity index (χ3n) is 7.45. The lowest BCUT2D eigenvalue weighted by molar-refractivity contribution is -0.680. The van der Waals surface area contributed by atoms with Crippen molar-refractivity contribution in [3.8, 4) is 5.75 Å². The Hall–Kier alpha value is -2.85. The van der Waals surface area contributed by atoms with E-state index >= 15 is 0 Å². The molecule has 40 heavy (non-hydrogen) atoms. The quantitative estimate of drug-likeness (QED) is 0.108. The average molecular weight is 564 g/mol. The SMILES string of the molecule is CCCCCCCCCCCCCCOc1ccc(CN(Cc2cccc[n+]2C)C(=O)c2ccccc2)cc1Cl. The Morgan fingerprint density at radius 1 is 0.775 bits per heavy atom. The molecule has 0 N–H and O–H groups in total. The Morgan fingerprint density at radius 2 is 1.40 bits per heavy atom. The van der Waals surface area contributed by atoms with Crippen molar-refractivity contribution >= 4 is 17.5 Å². The van der Waals surface area contributed by atoms with Crippen LogP contribution in [0.5, 0.6) is 5.75 Å². The standard InChI is InChI=1S/C35H48ClN2O2/c1-3-4-5-6-7-8-9-10-11-12-13-19-26-40-34-24-23-30(27-33(34)36)28-38(29-32-22-17-18-25-37(32)2)35(39)31-20-15-14-16-21-31/h14-18,20-25,27H,3-13,19,26,28-29H2,1-2H3/q+1. The molecular weight excluding hydrogens is 516 g/mol. The van der Waals surface area contributed by atoms with Crippen molar-refractivity contribution in [2.24, 2.45) is 7.05 Å². The highest BCUT2D eigenvalue weighted by atomic mass is 35.5. The highest BCUT2D eigenvalue weighted by molar-refractivity contribution is 6.32. The van der Waals surface area contributed by atoms with Crippen LogP contribution in [0.25, 0.3) is 0 Å². The van der Waals surface area contributed by atoms with Crippen LogP contribution in [0, 0.1) is 0 Å². The number of hydrogen-bond acceptors (Lipinski definition) is 2. The van der Waals surface area contributed by atoms with Gasteiger partial charge < -0.3 is 9.64 Å². The molecule has 0 aliphatic carbocycles. The molecule has 3 aromatic rings. The van der Waals surface area contributed by atoms with Crippen LogP contribution in [0.1, 0.15) is 106 Å². The lowest BCUT2D eigenvalue weighted by Gasteiger charge is -2.22. The number of nitrogens with zero attached hydrogens (tertiary/aromatic N) is 2. The summed E-state index contributed by atoms with van der Waals surface area (Å²) in [5.74, 6) is 0.705. The van der Waals surface area contributed by atoms with Crippen molar-refractivity contribution in [3.63, 3.8) is 0 Å². The zero-order valence-corrected chi connectivity index (χ0v) is 25.4. The second-order valence-electron chi connectivity index (χ2n) is 10.8. The number of rotatable bonds is 19. The summed E-state index contributed by atoms with van der Waals surface area (Å²) in [6.45, 7) is 3.91. The Kier molecular flexibility index (Phi) is 14.6. The maximum absolute atomic E-state index is 13.4. The fourth-order valence-electron chi connectivity index (χ4n) is 4.99. The summed E-state index contributed by atoms with van der Waals surface area (Å²) in [6, 6.07) is 21.4. The van der Waals surface area contributed by atoms with Crippen LogP contribution in [0.15, 0.2) is 72.9 Å². The summed E-state index contributed by atoms with van der Waals surface area (Å²) in [5.41, 5.74) is 2.71. The molecule has 0 atom stereocenters. The maximum Gasteiger partial charge on any atom is 0.254 e. The number of ether oxygens (including phenoxy) is 1. The largest absolute Gasteiger partial charge is 0.492 e. The number of benzene rings is 2. The average Bonchev–Trinajstić information content (AvgIpc) is 2.97. The van der Waals surface area contributed by atoms with Gasteiger partial charge in [0.2, 0.25) is 5.69 Å². The Morgan fingerprint density at radius 3 is 2.02 bits per heavy atom. The fraction of sp³-hybridized carbons (Fsp3) is 0.486. The van der Waals surface area contributed by atoms with Gasteiger partial charge in [0.25, 0.3) is 5.91 Å². The summed E-state index contributed by atoms with van der Waals surface area (Å²) in [5, 5.41) is 0.591. The second kappa shape index (κ2) is 18.5. The normalized spacial score (nSPS) is 11.0. The zero-order valence-electron chi connectivity index (χ0n) is 24.6. The molecule has 0 fully saturated rings. The van der Waals surface area contributed by atoms with Gasteiger partial charge in [0.05, 0.1) is 11.6 Å². The van der Waals surface area contributed by atoms with Gasteiger partial charge in [-0.2, -0.15) is 0 Å². The van der Waals surface area contributed by atoms with Crippen molar-refractivity contribution in [3.05, 3.63) is 94.8 Å². The first-order valence-electron chi connectivity index (χ1n) is 15.3. The van der Waals surface area contributed by atoms with Crippen molar-refractivity contribution in [1.29, 1.82) is 0 Å². The molecule has 1 amide bonds. The number of halogens is 1. The van der Waals surface area contributed by atoms with Gasteiger partial charge in [0.15, 0.2) is 6.20 Å². The summed E-state index contributed by atoms with van der Waals surface area (Å²) >= 11 is 6.61. The third-order valence-corrected chi connectivity index (χ3v) is 7.74. The van der Waals surface area contributed by atoms with E-state index in [0.29, 0.717) is 36.0 Å². The van der Waals surface area contributed by atoms with E-state index < -0.39 is 0 Å². The van der Waals surface area contributed by atoms with E-state index in [9.17, 15) is 4.79 Å². The van der Waals surface area contributed by atoms with E-state index in [0.717, 1.165) is 17.7 Å². The number of carbonyl (C=O) groups is 1. The summed E-state index contributed by atoms with van der Waals surface area (Å²) in [6.07, 6.45) is 17.9. The molecule has 3 rings (SSSR count). The lowest BCUT2D eigenvalue weighted by Crippen LogP contribution is -2.39.